The molecule has 2 aromatic carbocycles. The van der Waals surface area contributed by atoms with Crippen LogP contribution in [0.1, 0.15) is 15.9 Å². The minimum atomic E-state index is -0.203. The van der Waals surface area contributed by atoms with Gasteiger partial charge in [0, 0.05) is 28.9 Å². The molecule has 1 amide bonds. The summed E-state index contributed by atoms with van der Waals surface area (Å²) in [6, 6.07) is 12.2. The fourth-order valence-electron chi connectivity index (χ4n) is 1.76. The molecule has 4 nitrogen and oxygen atoms in total. The third-order valence-corrected chi connectivity index (χ3v) is 3.05. The number of nitrogens with one attached hydrogen (secondary N) is 1. The summed E-state index contributed by atoms with van der Waals surface area (Å²) in [5.41, 5.74) is 7.65. The van der Waals surface area contributed by atoms with E-state index in [2.05, 4.69) is 5.32 Å². The Bertz CT molecular complexity index is 612. The Balaban J connectivity index is 2.04. The molecule has 0 radical (unpaired) electrons. The highest BCUT2D eigenvalue weighted by molar-refractivity contribution is 6.30. The summed E-state index contributed by atoms with van der Waals surface area (Å²) in [4.78, 5) is 12.1. The van der Waals surface area contributed by atoms with Gasteiger partial charge in [0.25, 0.3) is 5.91 Å². The van der Waals surface area contributed by atoms with Gasteiger partial charge in [-0.05, 0) is 29.8 Å². The number of hydrogen-bond donors (Lipinski definition) is 2. The van der Waals surface area contributed by atoms with Gasteiger partial charge in [0.15, 0.2) is 0 Å². The summed E-state index contributed by atoms with van der Waals surface area (Å²) in [6.45, 7) is 0.424. The lowest BCUT2D eigenvalue weighted by Gasteiger charge is -2.08. The van der Waals surface area contributed by atoms with Crippen molar-refractivity contribution in [3.05, 3.63) is 58.6 Å². The summed E-state index contributed by atoms with van der Waals surface area (Å²) in [7, 11) is 1.53. The van der Waals surface area contributed by atoms with Gasteiger partial charge in [-0.3, -0.25) is 4.79 Å². The Morgan fingerprint density at radius 3 is 2.60 bits per heavy atom. The van der Waals surface area contributed by atoms with E-state index in [-0.39, 0.29) is 5.91 Å². The zero-order chi connectivity index (χ0) is 14.5. The largest absolute Gasteiger partial charge is 0.497 e. The van der Waals surface area contributed by atoms with Crippen molar-refractivity contribution in [1.29, 1.82) is 0 Å². The van der Waals surface area contributed by atoms with Crippen LogP contribution in [0.4, 0.5) is 5.69 Å². The van der Waals surface area contributed by atoms with Crippen LogP contribution in [0.2, 0.25) is 5.02 Å². The maximum atomic E-state index is 12.1. The molecule has 104 valence electrons. The van der Waals surface area contributed by atoms with Crippen molar-refractivity contribution in [2.75, 3.05) is 12.8 Å². The molecule has 0 bridgehead atoms. The van der Waals surface area contributed by atoms with Gasteiger partial charge in [0.2, 0.25) is 0 Å². The SMILES string of the molecule is COc1cc(N)cc(C(=O)NCc2ccc(Cl)cc2)c1. The molecule has 0 aromatic heterocycles. The fraction of sp³-hybridized carbons (Fsp3) is 0.133. The highest BCUT2D eigenvalue weighted by atomic mass is 35.5. The molecule has 3 N–H and O–H groups in total. The van der Waals surface area contributed by atoms with Crippen LogP contribution in [0.15, 0.2) is 42.5 Å². The molecule has 0 aliphatic carbocycles. The normalized spacial score (nSPS) is 10.1. The lowest BCUT2D eigenvalue weighted by Crippen LogP contribution is -2.22. The van der Waals surface area contributed by atoms with Crippen molar-refractivity contribution in [3.63, 3.8) is 0 Å². The van der Waals surface area contributed by atoms with Gasteiger partial charge in [-0.25, -0.2) is 0 Å². The van der Waals surface area contributed by atoms with Gasteiger partial charge >= 0.3 is 0 Å². The number of hydrogen-bond acceptors (Lipinski definition) is 3. The Morgan fingerprint density at radius 2 is 1.95 bits per heavy atom. The van der Waals surface area contributed by atoms with E-state index in [4.69, 9.17) is 22.1 Å². The Morgan fingerprint density at radius 1 is 1.25 bits per heavy atom. The number of rotatable bonds is 4. The number of methoxy groups -OCH3 is 1. The average Bonchev–Trinajstić information content (AvgIpc) is 2.45. The summed E-state index contributed by atoms with van der Waals surface area (Å²) in [5.74, 6) is 0.354. The zero-order valence-corrected chi connectivity index (χ0v) is 11.8. The van der Waals surface area contributed by atoms with Crippen molar-refractivity contribution >= 4 is 23.2 Å². The first-order chi connectivity index (χ1) is 9.58. The van der Waals surface area contributed by atoms with Crippen LogP contribution < -0.4 is 15.8 Å². The molecule has 0 saturated carbocycles. The van der Waals surface area contributed by atoms with Crippen molar-refractivity contribution in [1.82, 2.24) is 5.32 Å². The molecule has 2 rings (SSSR count). The van der Waals surface area contributed by atoms with E-state index < -0.39 is 0 Å². The van der Waals surface area contributed by atoms with E-state index in [1.165, 1.54) is 7.11 Å². The summed E-state index contributed by atoms with van der Waals surface area (Å²) in [5, 5.41) is 3.49. The number of ether oxygens (including phenoxy) is 1. The first-order valence-electron chi connectivity index (χ1n) is 6.05. The van der Waals surface area contributed by atoms with E-state index in [0.29, 0.717) is 28.6 Å². The van der Waals surface area contributed by atoms with E-state index in [1.54, 1.807) is 30.3 Å². The molecular weight excluding hydrogens is 276 g/mol. The standard InChI is InChI=1S/C15H15ClN2O2/c1-20-14-7-11(6-13(17)8-14)15(19)18-9-10-2-4-12(16)5-3-10/h2-8H,9,17H2,1H3,(H,18,19). The number of nitrogen functional groups attached to an aromatic ring is 1. The molecule has 0 aliphatic heterocycles. The maximum Gasteiger partial charge on any atom is 0.251 e. The number of carbonyl (C=O) groups is 1. The van der Waals surface area contributed by atoms with Crippen molar-refractivity contribution < 1.29 is 9.53 Å². The Kier molecular flexibility index (Phi) is 4.48. The van der Waals surface area contributed by atoms with E-state index in [0.717, 1.165) is 5.56 Å². The van der Waals surface area contributed by atoms with Gasteiger partial charge in [-0.2, -0.15) is 0 Å². The first kappa shape index (κ1) is 14.2. The van der Waals surface area contributed by atoms with Gasteiger partial charge in [0.05, 0.1) is 7.11 Å². The van der Waals surface area contributed by atoms with Crippen LogP contribution >= 0.6 is 11.6 Å². The van der Waals surface area contributed by atoms with Gasteiger partial charge in [-0.15, -0.1) is 0 Å². The average molecular weight is 291 g/mol. The summed E-state index contributed by atoms with van der Waals surface area (Å²) < 4.78 is 5.09. The molecular formula is C15H15ClN2O2. The highest BCUT2D eigenvalue weighted by Gasteiger charge is 2.08. The van der Waals surface area contributed by atoms with Crippen LogP contribution in [0.5, 0.6) is 5.75 Å². The third kappa shape index (κ3) is 3.65. The quantitative estimate of drug-likeness (QED) is 0.851. The topological polar surface area (TPSA) is 64.3 Å². The molecule has 0 atom stereocenters. The monoisotopic (exact) mass is 290 g/mol. The summed E-state index contributed by atoms with van der Waals surface area (Å²) in [6.07, 6.45) is 0. The lowest BCUT2D eigenvalue weighted by atomic mass is 10.1. The molecule has 0 aliphatic rings. The number of anilines is 1. The second-order valence-electron chi connectivity index (χ2n) is 4.30. The number of amides is 1. The summed E-state index contributed by atoms with van der Waals surface area (Å²) >= 11 is 5.81. The molecule has 0 saturated heterocycles. The number of halogens is 1. The molecule has 0 heterocycles. The van der Waals surface area contributed by atoms with Gasteiger partial charge in [-0.1, -0.05) is 23.7 Å². The molecule has 5 heteroatoms. The first-order valence-corrected chi connectivity index (χ1v) is 6.43. The maximum absolute atomic E-state index is 12.1. The van der Waals surface area contributed by atoms with Crippen molar-refractivity contribution in [2.24, 2.45) is 0 Å². The molecule has 2 aromatic rings. The zero-order valence-electron chi connectivity index (χ0n) is 11.0. The second-order valence-corrected chi connectivity index (χ2v) is 4.74. The number of carbonyl (C=O) groups excluding carboxylic acids is 1. The van der Waals surface area contributed by atoms with Crippen molar-refractivity contribution in [2.45, 2.75) is 6.54 Å². The van der Waals surface area contributed by atoms with Crippen LogP contribution in [0, 0.1) is 0 Å². The second kappa shape index (κ2) is 6.30. The molecule has 0 fully saturated rings. The smallest absolute Gasteiger partial charge is 0.251 e. The predicted octanol–water partition coefficient (Wildman–Crippen LogP) is 2.86. The van der Waals surface area contributed by atoms with E-state index >= 15 is 0 Å². The minimum absolute atomic E-state index is 0.203. The van der Waals surface area contributed by atoms with E-state index in [9.17, 15) is 4.79 Å². The van der Waals surface area contributed by atoms with Crippen molar-refractivity contribution in [3.8, 4) is 5.75 Å². The van der Waals surface area contributed by atoms with Gasteiger partial charge < -0.3 is 15.8 Å². The molecule has 0 unspecified atom stereocenters. The third-order valence-electron chi connectivity index (χ3n) is 2.79. The Labute approximate surface area is 122 Å². The molecule has 20 heavy (non-hydrogen) atoms. The molecule has 0 spiro atoms. The number of nitrogens with two attached hydrogens (primary N) is 1. The minimum Gasteiger partial charge on any atom is -0.497 e. The highest BCUT2D eigenvalue weighted by Crippen LogP contribution is 2.18. The van der Waals surface area contributed by atoms with Crippen LogP contribution in [0.25, 0.3) is 0 Å². The van der Waals surface area contributed by atoms with E-state index in [1.807, 2.05) is 12.1 Å². The predicted molar refractivity (Wildman–Crippen MR) is 80.0 cm³/mol. The van der Waals surface area contributed by atoms with Crippen LogP contribution in [-0.4, -0.2) is 13.0 Å². The lowest BCUT2D eigenvalue weighted by molar-refractivity contribution is 0.0950. The number of benzene rings is 2. The fourth-order valence-corrected chi connectivity index (χ4v) is 1.88. The van der Waals surface area contributed by atoms with Crippen LogP contribution in [0.3, 0.4) is 0 Å². The van der Waals surface area contributed by atoms with Gasteiger partial charge in [0.1, 0.15) is 5.75 Å². The Hall–Kier alpha value is -2.20. The van der Waals surface area contributed by atoms with Crippen LogP contribution in [-0.2, 0) is 6.54 Å².